The van der Waals surface area contributed by atoms with Gasteiger partial charge in [0.1, 0.15) is 5.82 Å². The Morgan fingerprint density at radius 1 is 1.40 bits per heavy atom. The smallest absolute Gasteiger partial charge is 0.130 e. The van der Waals surface area contributed by atoms with Crippen LogP contribution in [0.5, 0.6) is 0 Å². The second kappa shape index (κ2) is 5.77. The number of aromatic nitrogens is 1. The Morgan fingerprint density at radius 3 is 3.00 bits per heavy atom. The van der Waals surface area contributed by atoms with Crippen LogP contribution in [0.15, 0.2) is 30.3 Å². The average Bonchev–Trinajstić information content (AvgIpc) is 2.94. The summed E-state index contributed by atoms with van der Waals surface area (Å²) in [6.07, 6.45) is 1.09. The highest BCUT2D eigenvalue weighted by Crippen LogP contribution is 2.24. The van der Waals surface area contributed by atoms with Crippen LogP contribution in [0.1, 0.15) is 12.0 Å². The molecule has 1 unspecified atom stereocenters. The van der Waals surface area contributed by atoms with Gasteiger partial charge in [-0.1, -0.05) is 18.2 Å². The average molecular weight is 271 g/mol. The van der Waals surface area contributed by atoms with Crippen LogP contribution in [0.4, 0.5) is 5.82 Å². The molecular weight excluding hydrogens is 250 g/mol. The van der Waals surface area contributed by atoms with E-state index in [1.807, 2.05) is 25.2 Å². The number of fused-ring (bicyclic) bond motifs is 1. The number of nitrogens with zero attached hydrogens (tertiary/aromatic N) is 2. The zero-order valence-electron chi connectivity index (χ0n) is 11.8. The summed E-state index contributed by atoms with van der Waals surface area (Å²) < 4.78 is 0. The molecule has 3 rings (SSSR count). The lowest BCUT2D eigenvalue weighted by Gasteiger charge is -2.18. The summed E-state index contributed by atoms with van der Waals surface area (Å²) >= 11 is 0. The molecule has 2 N–H and O–H groups in total. The van der Waals surface area contributed by atoms with Gasteiger partial charge in [0.2, 0.25) is 0 Å². The summed E-state index contributed by atoms with van der Waals surface area (Å²) in [6.45, 7) is 3.23. The second-order valence-electron chi connectivity index (χ2n) is 5.51. The molecule has 0 aliphatic carbocycles. The van der Waals surface area contributed by atoms with Crippen molar-refractivity contribution in [2.24, 2.45) is 5.92 Å². The third-order valence-electron chi connectivity index (χ3n) is 4.06. The molecule has 1 fully saturated rings. The number of hydrogen-bond donors (Lipinski definition) is 2. The van der Waals surface area contributed by atoms with Gasteiger partial charge in [0.25, 0.3) is 0 Å². The first kappa shape index (κ1) is 13.3. The van der Waals surface area contributed by atoms with Crippen molar-refractivity contribution in [3.63, 3.8) is 0 Å². The monoisotopic (exact) mass is 271 g/mol. The van der Waals surface area contributed by atoms with Gasteiger partial charge in [-0.25, -0.2) is 4.98 Å². The highest BCUT2D eigenvalue weighted by Gasteiger charge is 2.22. The van der Waals surface area contributed by atoms with Gasteiger partial charge in [0.15, 0.2) is 0 Å². The first-order chi connectivity index (χ1) is 9.80. The molecule has 1 saturated heterocycles. The Morgan fingerprint density at radius 2 is 2.25 bits per heavy atom. The highest BCUT2D eigenvalue weighted by atomic mass is 16.3. The Hall–Kier alpha value is -1.65. The molecule has 4 nitrogen and oxygen atoms in total. The third-order valence-corrected chi connectivity index (χ3v) is 4.06. The van der Waals surface area contributed by atoms with E-state index >= 15 is 0 Å². The van der Waals surface area contributed by atoms with Crippen molar-refractivity contribution in [3.8, 4) is 0 Å². The van der Waals surface area contributed by atoms with Gasteiger partial charge >= 0.3 is 0 Å². The van der Waals surface area contributed by atoms with Gasteiger partial charge in [0.05, 0.1) is 5.52 Å². The minimum absolute atomic E-state index is 0.297. The van der Waals surface area contributed by atoms with Crippen LogP contribution in [-0.4, -0.2) is 41.7 Å². The predicted octanol–water partition coefficient (Wildman–Crippen LogP) is 2.09. The number of para-hydroxylation sites is 1. The molecule has 0 radical (unpaired) electrons. The van der Waals surface area contributed by atoms with Gasteiger partial charge in [-0.3, -0.25) is 4.90 Å². The Labute approximate surface area is 119 Å². The van der Waals surface area contributed by atoms with Crippen molar-refractivity contribution >= 4 is 16.7 Å². The number of aliphatic hydroxyl groups excluding tert-OH is 1. The van der Waals surface area contributed by atoms with Crippen LogP contribution in [0.25, 0.3) is 10.9 Å². The van der Waals surface area contributed by atoms with E-state index in [2.05, 4.69) is 27.3 Å². The maximum Gasteiger partial charge on any atom is 0.130 e. The molecule has 1 aromatic heterocycles. The molecule has 4 heteroatoms. The number of pyridine rings is 1. The second-order valence-corrected chi connectivity index (χ2v) is 5.51. The van der Waals surface area contributed by atoms with E-state index in [1.54, 1.807) is 0 Å². The normalized spacial score (nSPS) is 19.6. The van der Waals surface area contributed by atoms with E-state index in [9.17, 15) is 5.11 Å². The Kier molecular flexibility index (Phi) is 3.85. The van der Waals surface area contributed by atoms with Crippen molar-refractivity contribution in [2.45, 2.75) is 13.0 Å². The molecule has 0 bridgehead atoms. The van der Waals surface area contributed by atoms with Crippen LogP contribution in [0.2, 0.25) is 0 Å². The molecule has 2 heterocycles. The van der Waals surface area contributed by atoms with Crippen molar-refractivity contribution in [1.82, 2.24) is 9.88 Å². The number of anilines is 1. The summed E-state index contributed by atoms with van der Waals surface area (Å²) in [5.41, 5.74) is 2.25. The van der Waals surface area contributed by atoms with E-state index in [0.29, 0.717) is 12.5 Å². The molecule has 1 aliphatic rings. The lowest BCUT2D eigenvalue weighted by Crippen LogP contribution is -2.21. The van der Waals surface area contributed by atoms with Crippen molar-refractivity contribution < 1.29 is 5.11 Å². The summed E-state index contributed by atoms with van der Waals surface area (Å²) in [6, 6.07) is 10.4. The Bertz CT molecular complexity index is 599. The molecule has 20 heavy (non-hydrogen) atoms. The zero-order valence-corrected chi connectivity index (χ0v) is 11.8. The van der Waals surface area contributed by atoms with Crippen LogP contribution < -0.4 is 5.32 Å². The van der Waals surface area contributed by atoms with Gasteiger partial charge in [-0.2, -0.15) is 0 Å². The van der Waals surface area contributed by atoms with Crippen LogP contribution in [-0.2, 0) is 6.54 Å². The van der Waals surface area contributed by atoms with E-state index in [1.165, 1.54) is 10.9 Å². The largest absolute Gasteiger partial charge is 0.396 e. The summed E-state index contributed by atoms with van der Waals surface area (Å²) in [5, 5.41) is 13.6. The number of aliphatic hydroxyl groups is 1. The summed E-state index contributed by atoms with van der Waals surface area (Å²) in [4.78, 5) is 7.08. The molecule has 106 valence electrons. The Balaban J connectivity index is 1.86. The molecule has 1 atom stereocenters. The number of likely N-dealkylation sites (tertiary alicyclic amines) is 1. The van der Waals surface area contributed by atoms with Gasteiger partial charge in [-0.15, -0.1) is 0 Å². The quantitative estimate of drug-likeness (QED) is 0.894. The van der Waals surface area contributed by atoms with Crippen molar-refractivity contribution in [1.29, 1.82) is 0 Å². The topological polar surface area (TPSA) is 48.4 Å². The summed E-state index contributed by atoms with van der Waals surface area (Å²) in [5.74, 6) is 1.39. The molecule has 0 saturated carbocycles. The molecule has 0 amide bonds. The SMILES string of the molecule is CNc1nc2ccccc2cc1CN1CCC(CO)C1. The van der Waals surface area contributed by atoms with E-state index in [0.717, 1.165) is 37.4 Å². The lowest BCUT2D eigenvalue weighted by molar-refractivity contribution is 0.220. The van der Waals surface area contributed by atoms with Crippen LogP contribution >= 0.6 is 0 Å². The van der Waals surface area contributed by atoms with Crippen molar-refractivity contribution in [3.05, 3.63) is 35.9 Å². The van der Waals surface area contributed by atoms with Gasteiger partial charge < -0.3 is 10.4 Å². The zero-order chi connectivity index (χ0) is 13.9. The predicted molar refractivity (Wildman–Crippen MR) is 81.8 cm³/mol. The number of nitrogens with one attached hydrogen (secondary N) is 1. The number of rotatable bonds is 4. The lowest BCUT2D eigenvalue weighted by atomic mass is 10.1. The standard InChI is InChI=1S/C16H21N3O/c1-17-16-14(10-19-7-6-12(9-19)11-20)8-13-4-2-3-5-15(13)18-16/h2-5,8,12,20H,6-7,9-11H2,1H3,(H,17,18). The van der Waals surface area contributed by atoms with Crippen molar-refractivity contribution in [2.75, 3.05) is 32.1 Å². The van der Waals surface area contributed by atoms with E-state index in [-0.39, 0.29) is 0 Å². The molecular formula is C16H21N3O. The number of hydrogen-bond acceptors (Lipinski definition) is 4. The highest BCUT2D eigenvalue weighted by molar-refractivity contribution is 5.81. The minimum Gasteiger partial charge on any atom is -0.396 e. The molecule has 2 aromatic rings. The maximum absolute atomic E-state index is 9.24. The van der Waals surface area contributed by atoms with E-state index in [4.69, 9.17) is 0 Å². The fourth-order valence-electron chi connectivity index (χ4n) is 2.94. The van der Waals surface area contributed by atoms with E-state index < -0.39 is 0 Å². The fourth-order valence-corrected chi connectivity index (χ4v) is 2.94. The molecule has 1 aromatic carbocycles. The first-order valence-electron chi connectivity index (χ1n) is 7.20. The molecule has 1 aliphatic heterocycles. The third kappa shape index (κ3) is 2.62. The van der Waals surface area contributed by atoms with Gasteiger partial charge in [-0.05, 0) is 31.0 Å². The summed E-state index contributed by atoms with van der Waals surface area (Å²) in [7, 11) is 1.92. The van der Waals surface area contributed by atoms with Gasteiger partial charge in [0, 0.05) is 37.7 Å². The minimum atomic E-state index is 0.297. The molecule has 0 spiro atoms. The fraction of sp³-hybridized carbons (Fsp3) is 0.438. The first-order valence-corrected chi connectivity index (χ1v) is 7.20. The number of benzene rings is 1. The van der Waals surface area contributed by atoms with Crippen LogP contribution in [0.3, 0.4) is 0 Å². The maximum atomic E-state index is 9.24. The van der Waals surface area contributed by atoms with Crippen LogP contribution in [0, 0.1) is 5.92 Å².